The maximum absolute atomic E-state index is 10.9. The van der Waals surface area contributed by atoms with E-state index >= 15 is 0 Å². The topological polar surface area (TPSA) is 43.8 Å². The summed E-state index contributed by atoms with van der Waals surface area (Å²) < 4.78 is 0. The van der Waals surface area contributed by atoms with Gasteiger partial charge >= 0.3 is 6.09 Å². The summed E-state index contributed by atoms with van der Waals surface area (Å²) in [6.45, 7) is 5.00. The molecule has 1 aromatic rings. The minimum Gasteiger partial charge on any atom is -0.465 e. The fraction of sp³-hybridized carbons (Fsp3) is 0.632. The number of aryl methyl sites for hydroxylation is 1. The quantitative estimate of drug-likeness (QED) is 0.723. The lowest BCUT2D eigenvalue weighted by Gasteiger charge is -2.34. The molecule has 0 radical (unpaired) electrons. The lowest BCUT2D eigenvalue weighted by atomic mass is 10.0. The van der Waals surface area contributed by atoms with E-state index in [1.54, 1.807) is 0 Å². The average molecular weight is 318 g/mol. The highest BCUT2D eigenvalue weighted by Gasteiger charge is 2.20. The number of unbranched alkanes of at least 4 members (excludes halogenated alkanes) is 5. The van der Waals surface area contributed by atoms with Gasteiger partial charge < -0.3 is 14.9 Å². The number of benzene rings is 1. The van der Waals surface area contributed by atoms with Gasteiger partial charge in [-0.2, -0.15) is 0 Å². The molecule has 0 atom stereocenters. The molecule has 23 heavy (non-hydrogen) atoms. The van der Waals surface area contributed by atoms with Crippen LogP contribution in [0.15, 0.2) is 24.3 Å². The molecule has 1 N–H and O–H groups in total. The number of amides is 1. The second kappa shape index (κ2) is 9.43. The van der Waals surface area contributed by atoms with Crippen LogP contribution in [-0.2, 0) is 6.42 Å². The lowest BCUT2D eigenvalue weighted by Crippen LogP contribution is -2.48. The number of carboxylic acid groups (broad SMARTS) is 1. The van der Waals surface area contributed by atoms with Gasteiger partial charge in [0.25, 0.3) is 0 Å². The standard InChI is InChI=1S/C19H30N2O2/c1-2-3-4-5-6-7-8-17-9-11-18(12-10-17)20-13-15-21(16-14-20)19(22)23/h9-12H,2-8,13-16H2,1H3,(H,22,23). The van der Waals surface area contributed by atoms with Crippen molar-refractivity contribution in [2.45, 2.75) is 51.9 Å². The van der Waals surface area contributed by atoms with E-state index in [1.165, 1.54) is 61.1 Å². The van der Waals surface area contributed by atoms with Gasteiger partial charge in [-0.15, -0.1) is 0 Å². The Morgan fingerprint density at radius 3 is 2.17 bits per heavy atom. The van der Waals surface area contributed by atoms with Crippen molar-refractivity contribution in [1.82, 2.24) is 4.90 Å². The fourth-order valence-electron chi connectivity index (χ4n) is 3.14. The van der Waals surface area contributed by atoms with Gasteiger partial charge in [0.05, 0.1) is 0 Å². The molecule has 0 saturated carbocycles. The van der Waals surface area contributed by atoms with Crippen LogP contribution >= 0.6 is 0 Å². The predicted molar refractivity (Wildman–Crippen MR) is 95.3 cm³/mol. The molecule has 1 amide bonds. The van der Waals surface area contributed by atoms with E-state index in [4.69, 9.17) is 5.11 Å². The Morgan fingerprint density at radius 2 is 1.57 bits per heavy atom. The van der Waals surface area contributed by atoms with Crippen LogP contribution in [-0.4, -0.2) is 42.3 Å². The molecule has 4 nitrogen and oxygen atoms in total. The summed E-state index contributed by atoms with van der Waals surface area (Å²) >= 11 is 0. The summed E-state index contributed by atoms with van der Waals surface area (Å²) in [7, 11) is 0. The van der Waals surface area contributed by atoms with Gasteiger partial charge in [-0.05, 0) is 30.5 Å². The molecule has 0 unspecified atom stereocenters. The van der Waals surface area contributed by atoms with E-state index in [9.17, 15) is 4.79 Å². The van der Waals surface area contributed by atoms with Gasteiger partial charge in [-0.25, -0.2) is 4.79 Å². The van der Waals surface area contributed by atoms with Crippen molar-refractivity contribution in [2.75, 3.05) is 31.1 Å². The Morgan fingerprint density at radius 1 is 0.957 bits per heavy atom. The van der Waals surface area contributed by atoms with Crippen LogP contribution in [0.25, 0.3) is 0 Å². The Kier molecular flexibility index (Phi) is 7.24. The molecule has 128 valence electrons. The number of piperazine rings is 1. The van der Waals surface area contributed by atoms with Crippen LogP contribution in [0.2, 0.25) is 0 Å². The molecule has 0 aromatic heterocycles. The van der Waals surface area contributed by atoms with Crippen LogP contribution in [0.1, 0.15) is 51.0 Å². The number of rotatable bonds is 8. The summed E-state index contributed by atoms with van der Waals surface area (Å²) in [6.07, 6.45) is 8.38. The summed E-state index contributed by atoms with van der Waals surface area (Å²) in [5, 5.41) is 8.99. The summed E-state index contributed by atoms with van der Waals surface area (Å²) in [5.74, 6) is 0. The maximum atomic E-state index is 10.9. The highest BCUT2D eigenvalue weighted by atomic mass is 16.4. The van der Waals surface area contributed by atoms with Gasteiger partial charge in [-0.3, -0.25) is 0 Å². The Hall–Kier alpha value is -1.71. The number of hydrogen-bond acceptors (Lipinski definition) is 2. The molecule has 1 saturated heterocycles. The first-order valence-electron chi connectivity index (χ1n) is 9.02. The smallest absolute Gasteiger partial charge is 0.407 e. The average Bonchev–Trinajstić information content (AvgIpc) is 2.58. The highest BCUT2D eigenvalue weighted by molar-refractivity contribution is 5.65. The Labute approximate surface area is 140 Å². The molecule has 2 rings (SSSR count). The molecule has 1 aliphatic heterocycles. The van der Waals surface area contributed by atoms with E-state index in [0.29, 0.717) is 13.1 Å². The lowest BCUT2D eigenvalue weighted by molar-refractivity contribution is 0.142. The van der Waals surface area contributed by atoms with Gasteiger partial charge in [0.1, 0.15) is 0 Å². The fourth-order valence-corrected chi connectivity index (χ4v) is 3.14. The Balaban J connectivity index is 1.71. The monoisotopic (exact) mass is 318 g/mol. The largest absolute Gasteiger partial charge is 0.465 e. The van der Waals surface area contributed by atoms with Crippen LogP contribution in [0.3, 0.4) is 0 Å². The van der Waals surface area contributed by atoms with Gasteiger partial charge in [-0.1, -0.05) is 51.2 Å². The van der Waals surface area contributed by atoms with E-state index in [1.807, 2.05) is 0 Å². The number of carbonyl (C=O) groups is 1. The second-order valence-electron chi connectivity index (χ2n) is 6.44. The zero-order chi connectivity index (χ0) is 16.5. The van der Waals surface area contributed by atoms with Crippen molar-refractivity contribution in [3.63, 3.8) is 0 Å². The minimum absolute atomic E-state index is 0.592. The predicted octanol–water partition coefficient (Wildman–Crippen LogP) is 4.39. The first kappa shape index (κ1) is 17.6. The molecular weight excluding hydrogens is 288 g/mol. The number of anilines is 1. The van der Waals surface area contributed by atoms with Crippen molar-refractivity contribution in [3.8, 4) is 0 Å². The first-order valence-corrected chi connectivity index (χ1v) is 9.02. The normalized spacial score (nSPS) is 15.0. The van der Waals surface area contributed by atoms with Crippen LogP contribution in [0.5, 0.6) is 0 Å². The van der Waals surface area contributed by atoms with Gasteiger partial charge in [0.2, 0.25) is 0 Å². The molecule has 0 aliphatic carbocycles. The minimum atomic E-state index is -0.807. The molecule has 0 bridgehead atoms. The Bertz CT molecular complexity index is 465. The van der Waals surface area contributed by atoms with E-state index in [0.717, 1.165) is 13.1 Å². The first-order chi connectivity index (χ1) is 11.2. The van der Waals surface area contributed by atoms with Gasteiger partial charge in [0, 0.05) is 31.9 Å². The van der Waals surface area contributed by atoms with Gasteiger partial charge in [0.15, 0.2) is 0 Å². The summed E-state index contributed by atoms with van der Waals surface area (Å²) in [4.78, 5) is 14.7. The van der Waals surface area contributed by atoms with E-state index in [2.05, 4.69) is 36.1 Å². The molecule has 0 spiro atoms. The van der Waals surface area contributed by atoms with E-state index < -0.39 is 6.09 Å². The van der Waals surface area contributed by atoms with Crippen molar-refractivity contribution in [1.29, 1.82) is 0 Å². The molecule has 1 fully saturated rings. The molecule has 1 aromatic carbocycles. The van der Waals surface area contributed by atoms with Crippen LogP contribution < -0.4 is 4.90 Å². The highest BCUT2D eigenvalue weighted by Crippen LogP contribution is 2.19. The molecule has 1 heterocycles. The van der Waals surface area contributed by atoms with Crippen molar-refractivity contribution >= 4 is 11.8 Å². The van der Waals surface area contributed by atoms with Crippen LogP contribution in [0, 0.1) is 0 Å². The molecular formula is C19H30N2O2. The van der Waals surface area contributed by atoms with Crippen LogP contribution in [0.4, 0.5) is 10.5 Å². The maximum Gasteiger partial charge on any atom is 0.407 e. The third-order valence-electron chi connectivity index (χ3n) is 4.67. The number of nitrogens with zero attached hydrogens (tertiary/aromatic N) is 2. The third-order valence-corrected chi connectivity index (χ3v) is 4.67. The van der Waals surface area contributed by atoms with E-state index in [-0.39, 0.29) is 0 Å². The second-order valence-corrected chi connectivity index (χ2v) is 6.44. The van der Waals surface area contributed by atoms with Crippen molar-refractivity contribution in [2.24, 2.45) is 0 Å². The molecule has 1 aliphatic rings. The summed E-state index contributed by atoms with van der Waals surface area (Å²) in [6, 6.07) is 8.82. The SMILES string of the molecule is CCCCCCCCc1ccc(N2CCN(C(=O)O)CC2)cc1. The van der Waals surface area contributed by atoms with Crippen molar-refractivity contribution in [3.05, 3.63) is 29.8 Å². The third kappa shape index (κ3) is 5.77. The van der Waals surface area contributed by atoms with Crippen molar-refractivity contribution < 1.29 is 9.90 Å². The number of hydrogen-bond donors (Lipinski definition) is 1. The zero-order valence-corrected chi connectivity index (χ0v) is 14.3. The molecule has 4 heteroatoms. The summed E-state index contributed by atoms with van der Waals surface area (Å²) in [5.41, 5.74) is 2.62. The zero-order valence-electron chi connectivity index (χ0n) is 14.3.